The molecular weight excluding hydrogens is 258 g/mol. The molecule has 4 heteroatoms. The molecule has 0 fully saturated rings. The summed E-state index contributed by atoms with van der Waals surface area (Å²) < 4.78 is 26.0. The van der Waals surface area contributed by atoms with Gasteiger partial charge in [-0.15, -0.1) is 0 Å². The second kappa shape index (κ2) is 6.16. The van der Waals surface area contributed by atoms with Crippen molar-refractivity contribution in [3.8, 4) is 6.07 Å². The maximum absolute atomic E-state index is 13.0. The van der Waals surface area contributed by atoms with Crippen molar-refractivity contribution in [2.45, 2.75) is 13.3 Å². The predicted molar refractivity (Wildman–Crippen MR) is 74.4 cm³/mol. The van der Waals surface area contributed by atoms with Crippen LogP contribution in [0.1, 0.15) is 16.7 Å². The van der Waals surface area contributed by atoms with Gasteiger partial charge in [-0.2, -0.15) is 5.26 Å². The summed E-state index contributed by atoms with van der Waals surface area (Å²) in [6, 6.07) is 11.1. The Morgan fingerprint density at radius 3 is 2.40 bits per heavy atom. The lowest BCUT2D eigenvalue weighted by Gasteiger charge is -2.08. The number of nitrogens with one attached hydrogen (secondary N) is 1. The normalized spacial score (nSPS) is 10.1. The Morgan fingerprint density at radius 1 is 1.10 bits per heavy atom. The molecule has 0 aliphatic carbocycles. The van der Waals surface area contributed by atoms with Gasteiger partial charge in [0.1, 0.15) is 11.6 Å². The second-order valence-electron chi connectivity index (χ2n) is 4.60. The first-order valence-corrected chi connectivity index (χ1v) is 6.28. The van der Waals surface area contributed by atoms with Gasteiger partial charge < -0.3 is 5.32 Å². The van der Waals surface area contributed by atoms with Crippen LogP contribution in [0.2, 0.25) is 0 Å². The van der Waals surface area contributed by atoms with E-state index < -0.39 is 11.6 Å². The summed E-state index contributed by atoms with van der Waals surface area (Å²) in [7, 11) is 0. The van der Waals surface area contributed by atoms with Crippen LogP contribution in [0.3, 0.4) is 0 Å². The zero-order valence-corrected chi connectivity index (χ0v) is 11.1. The highest BCUT2D eigenvalue weighted by atomic mass is 19.1. The molecule has 2 nitrogen and oxygen atoms in total. The van der Waals surface area contributed by atoms with Crippen molar-refractivity contribution in [3.05, 3.63) is 64.7 Å². The van der Waals surface area contributed by atoms with Gasteiger partial charge in [0.25, 0.3) is 0 Å². The molecule has 0 saturated heterocycles. The van der Waals surface area contributed by atoms with E-state index in [1.807, 2.05) is 19.1 Å². The van der Waals surface area contributed by atoms with Crippen LogP contribution >= 0.6 is 0 Å². The standard InChI is InChI=1S/C16H14F2N2/c1-11-6-16(3-2-13(11)10-19)20-5-4-12-7-14(17)9-15(18)8-12/h2-3,6-9,20H,4-5H2,1H3. The van der Waals surface area contributed by atoms with E-state index in [1.54, 1.807) is 6.07 Å². The number of benzene rings is 2. The van der Waals surface area contributed by atoms with E-state index in [1.165, 1.54) is 12.1 Å². The smallest absolute Gasteiger partial charge is 0.126 e. The van der Waals surface area contributed by atoms with Crippen molar-refractivity contribution in [2.24, 2.45) is 0 Å². The van der Waals surface area contributed by atoms with Crippen molar-refractivity contribution in [1.82, 2.24) is 0 Å². The van der Waals surface area contributed by atoms with Crippen LogP contribution in [0.5, 0.6) is 0 Å². The van der Waals surface area contributed by atoms with E-state index in [4.69, 9.17) is 5.26 Å². The summed E-state index contributed by atoms with van der Waals surface area (Å²) in [5.74, 6) is -1.12. The third kappa shape index (κ3) is 3.55. The molecule has 2 rings (SSSR count). The van der Waals surface area contributed by atoms with Gasteiger partial charge in [0.2, 0.25) is 0 Å². The molecule has 2 aromatic rings. The van der Waals surface area contributed by atoms with E-state index in [0.717, 1.165) is 17.3 Å². The van der Waals surface area contributed by atoms with Gasteiger partial charge in [0.15, 0.2) is 0 Å². The Kier molecular flexibility index (Phi) is 4.31. The predicted octanol–water partition coefficient (Wildman–Crippen LogP) is 3.80. The summed E-state index contributed by atoms with van der Waals surface area (Å²) in [4.78, 5) is 0. The first-order valence-electron chi connectivity index (χ1n) is 6.28. The van der Waals surface area contributed by atoms with Crippen LogP contribution in [0.15, 0.2) is 36.4 Å². The quantitative estimate of drug-likeness (QED) is 0.919. The number of anilines is 1. The fraction of sp³-hybridized carbons (Fsp3) is 0.188. The second-order valence-corrected chi connectivity index (χ2v) is 4.60. The third-order valence-corrected chi connectivity index (χ3v) is 3.01. The molecule has 0 aliphatic rings. The maximum Gasteiger partial charge on any atom is 0.126 e. The van der Waals surface area contributed by atoms with Gasteiger partial charge in [0.05, 0.1) is 11.6 Å². The van der Waals surface area contributed by atoms with Gasteiger partial charge in [-0.3, -0.25) is 0 Å². The third-order valence-electron chi connectivity index (χ3n) is 3.01. The highest BCUT2D eigenvalue weighted by Crippen LogP contribution is 2.15. The largest absolute Gasteiger partial charge is 0.385 e. The van der Waals surface area contributed by atoms with Gasteiger partial charge in [-0.05, 0) is 54.8 Å². The highest BCUT2D eigenvalue weighted by molar-refractivity contribution is 5.51. The molecule has 1 N–H and O–H groups in total. The van der Waals surface area contributed by atoms with Crippen molar-refractivity contribution in [3.63, 3.8) is 0 Å². The van der Waals surface area contributed by atoms with Gasteiger partial charge in [-0.25, -0.2) is 8.78 Å². The molecule has 102 valence electrons. The molecule has 0 atom stereocenters. The van der Waals surface area contributed by atoms with Crippen LogP contribution in [0, 0.1) is 29.9 Å². The number of rotatable bonds is 4. The summed E-state index contributed by atoms with van der Waals surface area (Å²) in [6.45, 7) is 2.43. The van der Waals surface area contributed by atoms with Crippen LogP contribution in [-0.2, 0) is 6.42 Å². The lowest BCUT2D eigenvalue weighted by Crippen LogP contribution is -2.05. The average Bonchev–Trinajstić information content (AvgIpc) is 2.38. The van der Waals surface area contributed by atoms with E-state index >= 15 is 0 Å². The fourth-order valence-corrected chi connectivity index (χ4v) is 2.01. The molecule has 0 unspecified atom stereocenters. The minimum absolute atomic E-state index is 0.522. The van der Waals surface area contributed by atoms with Gasteiger partial charge >= 0.3 is 0 Å². The number of hydrogen-bond acceptors (Lipinski definition) is 2. The van der Waals surface area contributed by atoms with Gasteiger partial charge in [-0.1, -0.05) is 0 Å². The first-order chi connectivity index (χ1) is 9.58. The summed E-state index contributed by atoms with van der Waals surface area (Å²) in [5.41, 5.74) is 3.04. The van der Waals surface area contributed by atoms with E-state index in [2.05, 4.69) is 11.4 Å². The van der Waals surface area contributed by atoms with E-state index in [-0.39, 0.29) is 0 Å². The summed E-state index contributed by atoms with van der Waals surface area (Å²) in [5, 5.41) is 12.0. The minimum Gasteiger partial charge on any atom is -0.385 e. The van der Waals surface area contributed by atoms with Crippen molar-refractivity contribution < 1.29 is 8.78 Å². The van der Waals surface area contributed by atoms with Crippen molar-refractivity contribution >= 4 is 5.69 Å². The summed E-state index contributed by atoms with van der Waals surface area (Å²) >= 11 is 0. The fourth-order valence-electron chi connectivity index (χ4n) is 2.01. The SMILES string of the molecule is Cc1cc(NCCc2cc(F)cc(F)c2)ccc1C#N. The summed E-state index contributed by atoms with van der Waals surface area (Å²) in [6.07, 6.45) is 0.522. The average molecular weight is 272 g/mol. The minimum atomic E-state index is -0.561. The van der Waals surface area contributed by atoms with Crippen LogP contribution in [-0.4, -0.2) is 6.54 Å². The van der Waals surface area contributed by atoms with Crippen molar-refractivity contribution in [1.29, 1.82) is 5.26 Å². The molecular formula is C16H14F2N2. The number of halogens is 2. The Bertz CT molecular complexity index is 640. The Balaban J connectivity index is 1.96. The molecule has 0 radical (unpaired) electrons. The number of hydrogen-bond donors (Lipinski definition) is 1. The molecule has 0 aromatic heterocycles. The van der Waals surface area contributed by atoms with E-state index in [0.29, 0.717) is 24.1 Å². The molecule has 0 saturated carbocycles. The molecule has 0 amide bonds. The zero-order chi connectivity index (χ0) is 14.5. The lowest BCUT2D eigenvalue weighted by molar-refractivity contribution is 0.580. The molecule has 0 bridgehead atoms. The number of nitriles is 1. The lowest BCUT2D eigenvalue weighted by atomic mass is 10.1. The van der Waals surface area contributed by atoms with Gasteiger partial charge in [0, 0.05) is 18.3 Å². The monoisotopic (exact) mass is 272 g/mol. The van der Waals surface area contributed by atoms with E-state index in [9.17, 15) is 8.78 Å². The first kappa shape index (κ1) is 14.0. The zero-order valence-electron chi connectivity index (χ0n) is 11.1. The Morgan fingerprint density at radius 2 is 1.80 bits per heavy atom. The van der Waals surface area contributed by atoms with Crippen LogP contribution in [0.25, 0.3) is 0 Å². The molecule has 0 spiro atoms. The molecule has 20 heavy (non-hydrogen) atoms. The molecule has 2 aromatic carbocycles. The Hall–Kier alpha value is -2.41. The topological polar surface area (TPSA) is 35.8 Å². The van der Waals surface area contributed by atoms with Crippen LogP contribution < -0.4 is 5.32 Å². The number of nitrogens with zero attached hydrogens (tertiary/aromatic N) is 1. The number of aryl methyl sites for hydroxylation is 1. The highest BCUT2D eigenvalue weighted by Gasteiger charge is 2.02. The maximum atomic E-state index is 13.0. The van der Waals surface area contributed by atoms with Crippen LogP contribution in [0.4, 0.5) is 14.5 Å². The Labute approximate surface area is 116 Å². The van der Waals surface area contributed by atoms with Crippen molar-refractivity contribution in [2.75, 3.05) is 11.9 Å². The molecule has 0 heterocycles. The molecule has 0 aliphatic heterocycles.